The molecule has 0 spiro atoms. The first-order valence-electron chi connectivity index (χ1n) is 6.27. The highest BCUT2D eigenvalue weighted by atomic mass is 15.2. The van der Waals surface area contributed by atoms with E-state index in [1.807, 2.05) is 0 Å². The van der Waals surface area contributed by atoms with Crippen molar-refractivity contribution in [1.29, 1.82) is 0 Å². The van der Waals surface area contributed by atoms with Gasteiger partial charge in [-0.15, -0.1) is 0 Å². The summed E-state index contributed by atoms with van der Waals surface area (Å²) in [6.07, 6.45) is 0.0902. The Hall–Kier alpha value is -1.35. The summed E-state index contributed by atoms with van der Waals surface area (Å²) in [5, 5.41) is 6.88. The van der Waals surface area contributed by atoms with Gasteiger partial charge in [-0.2, -0.15) is 0 Å². The standard InChI is InChI=1S/C14H21N3/c1-9(2)15-13-11-7-5-6-8-12(11)14(17-13)16-10(3)4/h5-10,13,15H,1-4H3,(H,16,17). The molecule has 0 fully saturated rings. The second-order valence-corrected chi connectivity index (χ2v) is 5.09. The van der Waals surface area contributed by atoms with E-state index in [2.05, 4.69) is 62.6 Å². The SMILES string of the molecule is CC(C)NC1=NC(NC(C)C)c2ccccc21. The van der Waals surface area contributed by atoms with Crippen LogP contribution < -0.4 is 10.6 Å². The predicted molar refractivity (Wildman–Crippen MR) is 72.3 cm³/mol. The van der Waals surface area contributed by atoms with Gasteiger partial charge in [-0.1, -0.05) is 24.3 Å². The van der Waals surface area contributed by atoms with Crippen molar-refractivity contribution in [3.63, 3.8) is 0 Å². The Balaban J connectivity index is 2.28. The average molecular weight is 231 g/mol. The van der Waals surface area contributed by atoms with Crippen molar-refractivity contribution in [3.05, 3.63) is 35.4 Å². The van der Waals surface area contributed by atoms with Crippen LogP contribution in [0, 0.1) is 0 Å². The van der Waals surface area contributed by atoms with E-state index in [0.717, 1.165) is 5.84 Å². The minimum atomic E-state index is 0.0902. The van der Waals surface area contributed by atoms with Gasteiger partial charge < -0.3 is 5.32 Å². The highest BCUT2D eigenvalue weighted by Crippen LogP contribution is 2.27. The Kier molecular flexibility index (Phi) is 3.48. The maximum absolute atomic E-state index is 4.73. The van der Waals surface area contributed by atoms with Crippen molar-refractivity contribution >= 4 is 5.84 Å². The number of hydrogen-bond donors (Lipinski definition) is 2. The third-order valence-electron chi connectivity index (χ3n) is 2.69. The molecule has 1 heterocycles. The lowest BCUT2D eigenvalue weighted by atomic mass is 10.1. The van der Waals surface area contributed by atoms with Gasteiger partial charge in [0, 0.05) is 23.2 Å². The zero-order valence-corrected chi connectivity index (χ0v) is 11.0. The summed E-state index contributed by atoms with van der Waals surface area (Å²) in [5.74, 6) is 1.01. The fourth-order valence-electron chi connectivity index (χ4n) is 2.05. The van der Waals surface area contributed by atoms with Crippen molar-refractivity contribution in [2.75, 3.05) is 0 Å². The Labute approximate surface area is 103 Å². The summed E-state index contributed by atoms with van der Waals surface area (Å²) in [5.41, 5.74) is 2.49. The van der Waals surface area contributed by atoms with Crippen LogP contribution in [0.4, 0.5) is 0 Å². The second-order valence-electron chi connectivity index (χ2n) is 5.09. The minimum Gasteiger partial charge on any atom is -0.368 e. The van der Waals surface area contributed by atoms with E-state index in [4.69, 9.17) is 4.99 Å². The normalized spacial score (nSPS) is 18.5. The lowest BCUT2D eigenvalue weighted by Crippen LogP contribution is -2.30. The Bertz CT molecular complexity index is 421. The van der Waals surface area contributed by atoms with Crippen LogP contribution in [-0.4, -0.2) is 17.9 Å². The maximum atomic E-state index is 4.73. The van der Waals surface area contributed by atoms with Gasteiger partial charge in [0.2, 0.25) is 0 Å². The van der Waals surface area contributed by atoms with Crippen molar-refractivity contribution < 1.29 is 0 Å². The molecule has 92 valence electrons. The monoisotopic (exact) mass is 231 g/mol. The Morgan fingerprint density at radius 1 is 1.06 bits per heavy atom. The predicted octanol–water partition coefficient (Wildman–Crippen LogP) is 2.44. The zero-order chi connectivity index (χ0) is 12.4. The van der Waals surface area contributed by atoms with Crippen LogP contribution >= 0.6 is 0 Å². The molecule has 1 aliphatic heterocycles. The van der Waals surface area contributed by atoms with Gasteiger partial charge >= 0.3 is 0 Å². The molecular weight excluding hydrogens is 210 g/mol. The molecule has 0 aliphatic carbocycles. The molecule has 0 aromatic heterocycles. The number of hydrogen-bond acceptors (Lipinski definition) is 3. The van der Waals surface area contributed by atoms with E-state index in [1.165, 1.54) is 11.1 Å². The van der Waals surface area contributed by atoms with Crippen molar-refractivity contribution in [1.82, 2.24) is 10.6 Å². The van der Waals surface area contributed by atoms with Crippen molar-refractivity contribution in [3.8, 4) is 0 Å². The molecule has 0 radical (unpaired) electrons. The summed E-state index contributed by atoms with van der Waals surface area (Å²) in [7, 11) is 0. The number of fused-ring (bicyclic) bond motifs is 1. The summed E-state index contributed by atoms with van der Waals surface area (Å²) < 4.78 is 0. The number of aliphatic imine (C=N–C) groups is 1. The molecule has 3 heteroatoms. The van der Waals surface area contributed by atoms with Crippen LogP contribution in [0.15, 0.2) is 29.3 Å². The smallest absolute Gasteiger partial charge is 0.131 e. The molecule has 1 unspecified atom stereocenters. The second kappa shape index (κ2) is 4.88. The number of amidine groups is 1. The summed E-state index contributed by atoms with van der Waals surface area (Å²) in [4.78, 5) is 4.73. The fraction of sp³-hybridized carbons (Fsp3) is 0.500. The number of benzene rings is 1. The van der Waals surface area contributed by atoms with E-state index < -0.39 is 0 Å². The Morgan fingerprint density at radius 3 is 2.41 bits per heavy atom. The quantitative estimate of drug-likeness (QED) is 0.838. The van der Waals surface area contributed by atoms with Crippen molar-refractivity contribution in [2.45, 2.75) is 45.9 Å². The molecular formula is C14H21N3. The Morgan fingerprint density at radius 2 is 1.76 bits per heavy atom. The summed E-state index contributed by atoms with van der Waals surface area (Å²) in [6, 6.07) is 9.24. The zero-order valence-electron chi connectivity index (χ0n) is 11.0. The molecule has 2 rings (SSSR count). The highest BCUT2D eigenvalue weighted by Gasteiger charge is 2.24. The average Bonchev–Trinajstić information content (AvgIpc) is 2.56. The molecule has 0 saturated heterocycles. The fourth-order valence-corrected chi connectivity index (χ4v) is 2.05. The van der Waals surface area contributed by atoms with Gasteiger partial charge in [0.25, 0.3) is 0 Å². The number of nitrogens with zero attached hydrogens (tertiary/aromatic N) is 1. The van der Waals surface area contributed by atoms with E-state index in [-0.39, 0.29) is 6.17 Å². The highest BCUT2D eigenvalue weighted by molar-refractivity contribution is 6.02. The van der Waals surface area contributed by atoms with Crippen LogP contribution in [0.2, 0.25) is 0 Å². The third kappa shape index (κ3) is 2.67. The molecule has 1 aromatic carbocycles. The first kappa shape index (κ1) is 12.1. The summed E-state index contributed by atoms with van der Waals surface area (Å²) in [6.45, 7) is 8.56. The molecule has 17 heavy (non-hydrogen) atoms. The van der Waals surface area contributed by atoms with Crippen LogP contribution in [0.1, 0.15) is 45.0 Å². The third-order valence-corrected chi connectivity index (χ3v) is 2.69. The maximum Gasteiger partial charge on any atom is 0.131 e. The molecule has 3 nitrogen and oxygen atoms in total. The molecule has 0 bridgehead atoms. The van der Waals surface area contributed by atoms with Crippen LogP contribution in [0.3, 0.4) is 0 Å². The lowest BCUT2D eigenvalue weighted by molar-refractivity contribution is 0.497. The summed E-state index contributed by atoms with van der Waals surface area (Å²) >= 11 is 0. The van der Waals surface area contributed by atoms with E-state index in [0.29, 0.717) is 12.1 Å². The van der Waals surface area contributed by atoms with Gasteiger partial charge in [0.1, 0.15) is 12.0 Å². The molecule has 2 N–H and O–H groups in total. The molecule has 1 aliphatic rings. The molecule has 1 atom stereocenters. The first-order valence-corrected chi connectivity index (χ1v) is 6.27. The van der Waals surface area contributed by atoms with Gasteiger partial charge in [-0.3, -0.25) is 5.32 Å². The molecule has 0 saturated carbocycles. The van der Waals surface area contributed by atoms with Gasteiger partial charge in [-0.05, 0) is 27.7 Å². The van der Waals surface area contributed by atoms with E-state index in [1.54, 1.807) is 0 Å². The largest absolute Gasteiger partial charge is 0.368 e. The minimum absolute atomic E-state index is 0.0902. The van der Waals surface area contributed by atoms with Crippen LogP contribution in [0.5, 0.6) is 0 Å². The van der Waals surface area contributed by atoms with Crippen molar-refractivity contribution in [2.24, 2.45) is 4.99 Å². The van der Waals surface area contributed by atoms with Gasteiger partial charge in [0.05, 0.1) is 0 Å². The number of rotatable bonds is 3. The lowest BCUT2D eigenvalue weighted by Gasteiger charge is -2.14. The van der Waals surface area contributed by atoms with Crippen LogP contribution in [0.25, 0.3) is 0 Å². The topological polar surface area (TPSA) is 36.4 Å². The van der Waals surface area contributed by atoms with E-state index in [9.17, 15) is 0 Å². The van der Waals surface area contributed by atoms with Crippen LogP contribution in [-0.2, 0) is 0 Å². The molecule has 1 aromatic rings. The van der Waals surface area contributed by atoms with Gasteiger partial charge in [0.15, 0.2) is 0 Å². The first-order chi connectivity index (χ1) is 8.08. The number of nitrogens with one attached hydrogen (secondary N) is 2. The van der Waals surface area contributed by atoms with E-state index >= 15 is 0 Å². The van der Waals surface area contributed by atoms with Gasteiger partial charge in [-0.25, -0.2) is 4.99 Å². The molecule has 0 amide bonds.